The van der Waals surface area contributed by atoms with Gasteiger partial charge in [0.2, 0.25) is 0 Å². The van der Waals surface area contributed by atoms with Crippen molar-refractivity contribution < 1.29 is 15.3 Å². The van der Waals surface area contributed by atoms with E-state index in [0.717, 1.165) is 6.54 Å². The van der Waals surface area contributed by atoms with E-state index in [1.54, 1.807) is 0 Å². The minimum Gasteiger partial charge on any atom is -0.395 e. The Bertz CT molecular complexity index is 126. The van der Waals surface area contributed by atoms with Gasteiger partial charge in [-0.2, -0.15) is 0 Å². The number of hydrogen-bond acceptors (Lipinski definition) is 6. The smallest absolute Gasteiger partial charge is 0.0945 e. The fraction of sp³-hybridized carbons (Fsp3) is 1.00. The van der Waals surface area contributed by atoms with E-state index in [9.17, 15) is 5.11 Å². The summed E-state index contributed by atoms with van der Waals surface area (Å²) in [5, 5.41) is 32.7. The fourth-order valence-electron chi connectivity index (χ4n) is 1.02. The van der Waals surface area contributed by atoms with Crippen molar-refractivity contribution in [3.8, 4) is 0 Å². The Balaban J connectivity index is 3.42. The first kappa shape index (κ1) is 13.8. The van der Waals surface area contributed by atoms with Gasteiger partial charge in [0.15, 0.2) is 0 Å². The molecule has 0 fully saturated rings. The second kappa shape index (κ2) is 9.32. The molecule has 6 nitrogen and oxygen atoms in total. The van der Waals surface area contributed by atoms with Crippen molar-refractivity contribution in [2.45, 2.75) is 12.1 Å². The number of hydrogen-bond donors (Lipinski definition) is 6. The molecule has 0 aromatic carbocycles. The molecule has 86 valence electrons. The quantitative estimate of drug-likeness (QED) is 0.223. The Labute approximate surface area is 84.1 Å². The second-order valence-corrected chi connectivity index (χ2v) is 3.03. The van der Waals surface area contributed by atoms with Gasteiger partial charge in [-0.1, -0.05) is 0 Å². The third-order valence-corrected chi connectivity index (χ3v) is 1.88. The molecule has 0 rings (SSSR count). The Hall–Kier alpha value is -0.240. The molecule has 2 atom stereocenters. The lowest BCUT2D eigenvalue weighted by atomic mass is 10.2. The van der Waals surface area contributed by atoms with Crippen LogP contribution < -0.4 is 16.4 Å². The zero-order chi connectivity index (χ0) is 10.8. The minimum absolute atomic E-state index is 0.196. The predicted molar refractivity (Wildman–Crippen MR) is 53.9 cm³/mol. The molecule has 0 saturated heterocycles. The SMILES string of the molecule is NCCNCCNC(CO)C(O)CO. The van der Waals surface area contributed by atoms with Crippen molar-refractivity contribution in [3.05, 3.63) is 0 Å². The summed E-state index contributed by atoms with van der Waals surface area (Å²) in [4.78, 5) is 0. The summed E-state index contributed by atoms with van der Waals surface area (Å²) in [6, 6.07) is -0.473. The molecule has 2 unspecified atom stereocenters. The van der Waals surface area contributed by atoms with Gasteiger partial charge < -0.3 is 31.7 Å². The van der Waals surface area contributed by atoms with E-state index in [0.29, 0.717) is 19.6 Å². The standard InChI is InChI=1S/C8H21N3O3/c9-1-2-10-3-4-11-7(5-12)8(14)6-13/h7-8,10-14H,1-6,9H2. The highest BCUT2D eigenvalue weighted by atomic mass is 16.3. The normalized spacial score (nSPS) is 15.4. The fourth-order valence-corrected chi connectivity index (χ4v) is 1.02. The lowest BCUT2D eigenvalue weighted by molar-refractivity contribution is 0.0419. The Morgan fingerprint density at radius 2 is 1.79 bits per heavy atom. The molecule has 0 aromatic heterocycles. The van der Waals surface area contributed by atoms with Gasteiger partial charge in [0.25, 0.3) is 0 Å². The van der Waals surface area contributed by atoms with Gasteiger partial charge in [-0.25, -0.2) is 0 Å². The van der Waals surface area contributed by atoms with E-state index in [1.807, 2.05) is 0 Å². The van der Waals surface area contributed by atoms with E-state index in [2.05, 4.69) is 10.6 Å². The summed E-state index contributed by atoms with van der Waals surface area (Å²) >= 11 is 0. The molecule has 0 amide bonds. The Kier molecular flexibility index (Phi) is 9.16. The van der Waals surface area contributed by atoms with Gasteiger partial charge >= 0.3 is 0 Å². The van der Waals surface area contributed by atoms with E-state index in [-0.39, 0.29) is 13.2 Å². The molecule has 14 heavy (non-hydrogen) atoms. The molecule has 0 spiro atoms. The molecule has 0 aliphatic carbocycles. The van der Waals surface area contributed by atoms with Crippen LogP contribution in [0.2, 0.25) is 0 Å². The molecule has 0 heterocycles. The lowest BCUT2D eigenvalue weighted by Crippen LogP contribution is -2.46. The van der Waals surface area contributed by atoms with Gasteiger partial charge in [0.1, 0.15) is 0 Å². The summed E-state index contributed by atoms with van der Waals surface area (Å²) in [6.07, 6.45) is -0.922. The van der Waals surface area contributed by atoms with E-state index in [4.69, 9.17) is 15.9 Å². The van der Waals surface area contributed by atoms with Gasteiger partial charge in [-0.3, -0.25) is 0 Å². The van der Waals surface area contributed by atoms with Crippen LogP contribution in [0.4, 0.5) is 0 Å². The van der Waals surface area contributed by atoms with Crippen molar-refractivity contribution in [3.63, 3.8) is 0 Å². The van der Waals surface area contributed by atoms with Crippen LogP contribution in [0.3, 0.4) is 0 Å². The van der Waals surface area contributed by atoms with Crippen molar-refractivity contribution in [2.75, 3.05) is 39.4 Å². The largest absolute Gasteiger partial charge is 0.395 e. The number of nitrogens with one attached hydrogen (secondary N) is 2. The topological polar surface area (TPSA) is 111 Å². The van der Waals surface area contributed by atoms with Crippen LogP contribution in [0.5, 0.6) is 0 Å². The number of nitrogens with two attached hydrogens (primary N) is 1. The maximum Gasteiger partial charge on any atom is 0.0945 e. The number of aliphatic hydroxyl groups excluding tert-OH is 3. The van der Waals surface area contributed by atoms with Crippen molar-refractivity contribution in [1.82, 2.24) is 10.6 Å². The van der Waals surface area contributed by atoms with E-state index in [1.165, 1.54) is 0 Å². The number of rotatable bonds is 9. The average molecular weight is 207 g/mol. The highest BCUT2D eigenvalue weighted by Crippen LogP contribution is 1.90. The Morgan fingerprint density at radius 3 is 2.29 bits per heavy atom. The van der Waals surface area contributed by atoms with Gasteiger partial charge in [0, 0.05) is 26.2 Å². The summed E-state index contributed by atoms with van der Waals surface area (Å²) in [6.45, 7) is 2.11. The maximum absolute atomic E-state index is 9.21. The monoisotopic (exact) mass is 207 g/mol. The first-order valence-corrected chi connectivity index (χ1v) is 4.80. The predicted octanol–water partition coefficient (Wildman–Crippen LogP) is -3.16. The molecule has 6 heteroatoms. The molecular formula is C8H21N3O3. The first-order valence-electron chi connectivity index (χ1n) is 4.80. The third kappa shape index (κ3) is 6.25. The molecule has 7 N–H and O–H groups in total. The molecular weight excluding hydrogens is 186 g/mol. The van der Waals surface area contributed by atoms with Crippen LogP contribution >= 0.6 is 0 Å². The first-order chi connectivity index (χ1) is 6.76. The van der Waals surface area contributed by atoms with Gasteiger partial charge in [-0.15, -0.1) is 0 Å². The summed E-state index contributed by atoms with van der Waals surface area (Å²) in [5.74, 6) is 0. The van der Waals surface area contributed by atoms with Crippen molar-refractivity contribution >= 4 is 0 Å². The van der Waals surface area contributed by atoms with E-state index < -0.39 is 12.1 Å². The zero-order valence-electron chi connectivity index (χ0n) is 8.32. The molecule has 0 bridgehead atoms. The summed E-state index contributed by atoms with van der Waals surface area (Å²) in [5.41, 5.74) is 5.27. The van der Waals surface area contributed by atoms with Crippen LogP contribution in [0.15, 0.2) is 0 Å². The van der Waals surface area contributed by atoms with E-state index >= 15 is 0 Å². The third-order valence-electron chi connectivity index (χ3n) is 1.88. The lowest BCUT2D eigenvalue weighted by Gasteiger charge is -2.20. The zero-order valence-corrected chi connectivity index (χ0v) is 8.32. The maximum atomic E-state index is 9.21. The molecule has 0 radical (unpaired) electrons. The Morgan fingerprint density at radius 1 is 1.07 bits per heavy atom. The van der Waals surface area contributed by atoms with Gasteiger partial charge in [0.05, 0.1) is 25.4 Å². The van der Waals surface area contributed by atoms with Gasteiger partial charge in [-0.05, 0) is 0 Å². The second-order valence-electron chi connectivity index (χ2n) is 3.03. The minimum atomic E-state index is -0.922. The van der Waals surface area contributed by atoms with Crippen molar-refractivity contribution in [1.29, 1.82) is 0 Å². The van der Waals surface area contributed by atoms with Crippen LogP contribution in [0.25, 0.3) is 0 Å². The highest BCUT2D eigenvalue weighted by Gasteiger charge is 2.15. The molecule has 0 aliphatic heterocycles. The van der Waals surface area contributed by atoms with Crippen LogP contribution in [0.1, 0.15) is 0 Å². The molecule has 0 saturated carbocycles. The van der Waals surface area contributed by atoms with Crippen molar-refractivity contribution in [2.24, 2.45) is 5.73 Å². The van der Waals surface area contributed by atoms with Crippen LogP contribution in [-0.2, 0) is 0 Å². The van der Waals surface area contributed by atoms with Crippen LogP contribution in [-0.4, -0.2) is 66.9 Å². The average Bonchev–Trinajstić information content (AvgIpc) is 2.22. The number of aliphatic hydroxyl groups is 3. The highest BCUT2D eigenvalue weighted by molar-refractivity contribution is 4.74. The summed E-state index contributed by atoms with van der Waals surface area (Å²) < 4.78 is 0. The molecule has 0 aliphatic rings. The molecule has 0 aromatic rings. The summed E-state index contributed by atoms with van der Waals surface area (Å²) in [7, 11) is 0. The van der Waals surface area contributed by atoms with Crippen LogP contribution in [0, 0.1) is 0 Å².